The predicted molar refractivity (Wildman–Crippen MR) is 66.7 cm³/mol. The summed E-state index contributed by atoms with van der Waals surface area (Å²) in [6.45, 7) is 0. The van der Waals surface area contributed by atoms with E-state index in [-0.39, 0.29) is 0 Å². The number of carbonyl (C=O) groups is 1. The van der Waals surface area contributed by atoms with E-state index in [2.05, 4.69) is 27.7 Å². The van der Waals surface area contributed by atoms with E-state index in [1.807, 2.05) is 6.20 Å². The van der Waals surface area contributed by atoms with Crippen LogP contribution in [0.25, 0.3) is 5.69 Å². The molecule has 0 aliphatic carbocycles. The second kappa shape index (κ2) is 4.32. The van der Waals surface area contributed by atoms with Gasteiger partial charge in [0, 0.05) is 6.20 Å². The molecule has 15 heavy (non-hydrogen) atoms. The molecule has 0 fully saturated rings. The summed E-state index contributed by atoms with van der Waals surface area (Å²) in [6.07, 6.45) is 4.29. The normalized spacial score (nSPS) is 10.3. The third-order valence-electron chi connectivity index (χ3n) is 1.95. The number of hydrogen-bond acceptors (Lipinski definition) is 2. The third-order valence-corrected chi connectivity index (χ3v) is 2.83. The Balaban J connectivity index is 2.62. The van der Waals surface area contributed by atoms with Gasteiger partial charge in [0.15, 0.2) is 6.29 Å². The smallest absolute Gasteiger partial charge is 0.153 e. The standard InChI is InChI=1S/C10H6ClIN2O/c11-9-2-1-3-10(8(9)6-15)14-5-7(12)4-13-14/h1-6H. The van der Waals surface area contributed by atoms with Crippen molar-refractivity contribution < 1.29 is 4.79 Å². The van der Waals surface area contributed by atoms with Crippen molar-refractivity contribution in [3.8, 4) is 5.69 Å². The van der Waals surface area contributed by atoms with Crippen molar-refractivity contribution in [3.63, 3.8) is 0 Å². The maximum Gasteiger partial charge on any atom is 0.153 e. The number of hydrogen-bond donors (Lipinski definition) is 0. The zero-order valence-electron chi connectivity index (χ0n) is 7.52. The summed E-state index contributed by atoms with van der Waals surface area (Å²) in [4.78, 5) is 10.9. The van der Waals surface area contributed by atoms with Crippen LogP contribution in [0, 0.1) is 3.57 Å². The molecule has 0 bridgehead atoms. The Hall–Kier alpha value is -0.880. The van der Waals surface area contributed by atoms with Crippen LogP contribution in [0.5, 0.6) is 0 Å². The van der Waals surface area contributed by atoms with Crippen LogP contribution in [-0.2, 0) is 0 Å². The molecule has 0 aliphatic heterocycles. The Morgan fingerprint density at radius 2 is 2.27 bits per heavy atom. The Labute approximate surface area is 105 Å². The molecule has 0 radical (unpaired) electrons. The van der Waals surface area contributed by atoms with Gasteiger partial charge in [-0.3, -0.25) is 4.79 Å². The van der Waals surface area contributed by atoms with Crippen molar-refractivity contribution >= 4 is 40.5 Å². The van der Waals surface area contributed by atoms with Gasteiger partial charge in [0.1, 0.15) is 0 Å². The van der Waals surface area contributed by atoms with Crippen LogP contribution in [0.15, 0.2) is 30.6 Å². The molecular formula is C10H6ClIN2O. The van der Waals surface area contributed by atoms with Crippen molar-refractivity contribution in [2.24, 2.45) is 0 Å². The van der Waals surface area contributed by atoms with Crippen LogP contribution < -0.4 is 0 Å². The molecule has 0 N–H and O–H groups in total. The first-order valence-electron chi connectivity index (χ1n) is 4.16. The molecule has 0 aliphatic rings. The summed E-state index contributed by atoms with van der Waals surface area (Å²) >= 11 is 8.07. The van der Waals surface area contributed by atoms with Crippen LogP contribution in [-0.4, -0.2) is 16.1 Å². The Morgan fingerprint density at radius 1 is 1.47 bits per heavy atom. The van der Waals surface area contributed by atoms with Crippen LogP contribution in [0.2, 0.25) is 5.02 Å². The van der Waals surface area contributed by atoms with E-state index in [1.165, 1.54) is 0 Å². The van der Waals surface area contributed by atoms with Crippen molar-refractivity contribution in [1.82, 2.24) is 9.78 Å². The lowest BCUT2D eigenvalue weighted by Crippen LogP contribution is -1.99. The highest BCUT2D eigenvalue weighted by molar-refractivity contribution is 14.1. The molecule has 0 saturated carbocycles. The molecule has 0 unspecified atom stereocenters. The van der Waals surface area contributed by atoms with Crippen molar-refractivity contribution in [2.45, 2.75) is 0 Å². The van der Waals surface area contributed by atoms with Crippen LogP contribution in [0.1, 0.15) is 10.4 Å². The number of carbonyl (C=O) groups excluding carboxylic acids is 1. The van der Waals surface area contributed by atoms with E-state index >= 15 is 0 Å². The van der Waals surface area contributed by atoms with Gasteiger partial charge in [-0.1, -0.05) is 17.7 Å². The topological polar surface area (TPSA) is 34.9 Å². The highest BCUT2D eigenvalue weighted by Crippen LogP contribution is 2.21. The minimum absolute atomic E-state index is 0.438. The lowest BCUT2D eigenvalue weighted by Gasteiger charge is -2.05. The van der Waals surface area contributed by atoms with Crippen LogP contribution >= 0.6 is 34.2 Å². The molecule has 2 rings (SSSR count). The summed E-state index contributed by atoms with van der Waals surface area (Å²) in [6, 6.07) is 5.28. The van der Waals surface area contributed by atoms with E-state index in [4.69, 9.17) is 11.6 Å². The molecule has 0 saturated heterocycles. The molecule has 5 heteroatoms. The van der Waals surface area contributed by atoms with Gasteiger partial charge in [0.25, 0.3) is 0 Å². The Bertz CT molecular complexity index is 510. The Kier molecular flexibility index (Phi) is 3.06. The first-order valence-corrected chi connectivity index (χ1v) is 5.62. The number of halogens is 2. The van der Waals surface area contributed by atoms with E-state index in [9.17, 15) is 4.79 Å². The van der Waals surface area contributed by atoms with Gasteiger partial charge in [-0.2, -0.15) is 5.10 Å². The van der Waals surface area contributed by atoms with Gasteiger partial charge in [-0.25, -0.2) is 4.68 Å². The molecule has 0 spiro atoms. The van der Waals surface area contributed by atoms with Crippen molar-refractivity contribution in [3.05, 3.63) is 44.7 Å². The Morgan fingerprint density at radius 3 is 2.87 bits per heavy atom. The number of aldehydes is 1. The number of nitrogens with zero attached hydrogens (tertiary/aromatic N) is 2. The van der Waals surface area contributed by atoms with Gasteiger partial charge in [-0.05, 0) is 34.7 Å². The van der Waals surface area contributed by atoms with Gasteiger partial charge >= 0.3 is 0 Å². The summed E-state index contributed by atoms with van der Waals surface area (Å²) in [5.41, 5.74) is 1.15. The SMILES string of the molecule is O=Cc1c(Cl)cccc1-n1cc(I)cn1. The van der Waals surface area contributed by atoms with Crippen LogP contribution in [0.3, 0.4) is 0 Å². The van der Waals surface area contributed by atoms with Gasteiger partial charge in [0.05, 0.1) is 26.0 Å². The number of aromatic nitrogens is 2. The monoisotopic (exact) mass is 332 g/mol. The largest absolute Gasteiger partial charge is 0.298 e. The molecule has 1 aromatic heterocycles. The molecular weight excluding hydrogens is 326 g/mol. The number of benzene rings is 1. The maximum absolute atomic E-state index is 10.9. The number of rotatable bonds is 2. The first kappa shape index (κ1) is 10.6. The lowest BCUT2D eigenvalue weighted by atomic mass is 10.2. The average Bonchev–Trinajstić information content (AvgIpc) is 2.64. The summed E-state index contributed by atoms with van der Waals surface area (Å²) in [5, 5.41) is 4.57. The van der Waals surface area contributed by atoms with E-state index in [1.54, 1.807) is 29.1 Å². The summed E-state index contributed by atoms with van der Waals surface area (Å²) < 4.78 is 2.64. The highest BCUT2D eigenvalue weighted by atomic mass is 127. The zero-order valence-corrected chi connectivity index (χ0v) is 10.4. The van der Waals surface area contributed by atoms with E-state index in [0.717, 1.165) is 9.86 Å². The fraction of sp³-hybridized carbons (Fsp3) is 0. The fourth-order valence-electron chi connectivity index (χ4n) is 1.27. The first-order chi connectivity index (χ1) is 7.22. The quantitative estimate of drug-likeness (QED) is 0.626. The molecule has 3 nitrogen and oxygen atoms in total. The molecule has 0 atom stereocenters. The summed E-state index contributed by atoms with van der Waals surface area (Å²) in [5.74, 6) is 0. The molecule has 1 aromatic carbocycles. The minimum Gasteiger partial charge on any atom is -0.298 e. The fourth-order valence-corrected chi connectivity index (χ4v) is 1.88. The summed E-state index contributed by atoms with van der Waals surface area (Å²) in [7, 11) is 0. The van der Waals surface area contributed by atoms with Crippen molar-refractivity contribution in [2.75, 3.05) is 0 Å². The molecule has 2 aromatic rings. The maximum atomic E-state index is 10.9. The second-order valence-corrected chi connectivity index (χ2v) is 4.55. The zero-order chi connectivity index (χ0) is 10.8. The van der Waals surface area contributed by atoms with E-state index < -0.39 is 0 Å². The van der Waals surface area contributed by atoms with Gasteiger partial charge < -0.3 is 0 Å². The van der Waals surface area contributed by atoms with E-state index in [0.29, 0.717) is 16.3 Å². The van der Waals surface area contributed by atoms with Gasteiger partial charge in [0.2, 0.25) is 0 Å². The third kappa shape index (κ3) is 2.05. The van der Waals surface area contributed by atoms with Gasteiger partial charge in [-0.15, -0.1) is 0 Å². The minimum atomic E-state index is 0.438. The van der Waals surface area contributed by atoms with Crippen molar-refractivity contribution in [1.29, 1.82) is 0 Å². The molecule has 0 amide bonds. The van der Waals surface area contributed by atoms with Crippen LogP contribution in [0.4, 0.5) is 0 Å². The molecule has 76 valence electrons. The lowest BCUT2D eigenvalue weighted by molar-refractivity contribution is 0.112. The predicted octanol–water partition coefficient (Wildman–Crippen LogP) is 2.94. The highest BCUT2D eigenvalue weighted by Gasteiger charge is 2.08. The molecule has 1 heterocycles. The average molecular weight is 333 g/mol. The second-order valence-electron chi connectivity index (χ2n) is 2.89.